The number of benzene rings is 3. The van der Waals surface area contributed by atoms with E-state index in [4.69, 9.17) is 37.9 Å². The number of aliphatic hydroxyl groups excluding tert-OH is 1. The largest absolute Gasteiger partial charge is 0.456 e. The Morgan fingerprint density at radius 3 is 1.56 bits per heavy atom. The van der Waals surface area contributed by atoms with Crippen LogP contribution < -0.4 is 5.32 Å². The summed E-state index contributed by atoms with van der Waals surface area (Å²) in [4.78, 5) is 36.4. The molecule has 2 fully saturated rings. The van der Waals surface area contributed by atoms with Gasteiger partial charge in [0.15, 0.2) is 24.8 Å². The lowest BCUT2D eigenvalue weighted by atomic mass is 9.96. The van der Waals surface area contributed by atoms with Crippen LogP contribution in [0, 0.1) is 0 Å². The zero-order valence-electron chi connectivity index (χ0n) is 29.7. The van der Waals surface area contributed by atoms with E-state index in [0.29, 0.717) is 6.61 Å². The molecule has 2 N–H and O–H groups in total. The third kappa shape index (κ3) is 10.9. The molecule has 0 saturated carbocycles. The minimum atomic E-state index is -1.64. The second-order valence-electron chi connectivity index (χ2n) is 12.8. The second-order valence-corrected chi connectivity index (χ2v) is 12.8. The second kappa shape index (κ2) is 19.0. The van der Waals surface area contributed by atoms with E-state index in [2.05, 4.69) is 5.32 Å². The van der Waals surface area contributed by atoms with Crippen LogP contribution >= 0.6 is 0 Å². The van der Waals surface area contributed by atoms with E-state index >= 15 is 0 Å². The summed E-state index contributed by atoms with van der Waals surface area (Å²) in [5, 5.41) is 13.5. The zero-order valence-corrected chi connectivity index (χ0v) is 29.7. The summed E-state index contributed by atoms with van der Waals surface area (Å²) >= 11 is 0. The molecule has 10 atom stereocenters. The molecule has 2 aliphatic heterocycles. The molecule has 0 aromatic heterocycles. The highest BCUT2D eigenvalue weighted by Gasteiger charge is 2.52. The normalized spacial score (nSPS) is 28.8. The number of ether oxygens (including phenoxy) is 8. The maximum absolute atomic E-state index is 12.3. The summed E-state index contributed by atoms with van der Waals surface area (Å²) < 4.78 is 49.4. The molecule has 13 heteroatoms. The van der Waals surface area contributed by atoms with Crippen LogP contribution in [0.5, 0.6) is 0 Å². The van der Waals surface area contributed by atoms with Crippen molar-refractivity contribution < 1.29 is 57.4 Å². The van der Waals surface area contributed by atoms with Crippen LogP contribution in [0.2, 0.25) is 0 Å². The van der Waals surface area contributed by atoms with Crippen molar-refractivity contribution in [2.75, 3.05) is 6.61 Å². The molecule has 3 aromatic rings. The molecular weight excluding hydrogens is 674 g/mol. The van der Waals surface area contributed by atoms with Crippen molar-refractivity contribution in [3.8, 4) is 0 Å². The molecular formula is C39H47NO12. The lowest BCUT2D eigenvalue weighted by Gasteiger charge is -2.46. The van der Waals surface area contributed by atoms with Gasteiger partial charge in [-0.3, -0.25) is 14.4 Å². The first-order valence-corrected chi connectivity index (χ1v) is 17.3. The zero-order chi connectivity index (χ0) is 37.0. The number of nitrogens with one attached hydrogen (secondary N) is 1. The molecule has 0 bridgehead atoms. The Kier molecular flexibility index (Phi) is 14.3. The first-order valence-electron chi connectivity index (χ1n) is 17.3. The first kappa shape index (κ1) is 39.0. The number of carbonyl (C=O) groups excluding carboxylic acids is 3. The third-order valence-corrected chi connectivity index (χ3v) is 8.65. The fourth-order valence-corrected chi connectivity index (χ4v) is 6.30. The Balaban J connectivity index is 1.42. The Labute approximate surface area is 303 Å². The van der Waals surface area contributed by atoms with Crippen molar-refractivity contribution in [3.05, 3.63) is 108 Å². The van der Waals surface area contributed by atoms with Gasteiger partial charge in [0.2, 0.25) is 5.91 Å². The summed E-state index contributed by atoms with van der Waals surface area (Å²) in [6.45, 7) is 5.89. The maximum Gasteiger partial charge on any atom is 0.303 e. The van der Waals surface area contributed by atoms with Crippen molar-refractivity contribution in [2.45, 2.75) is 109 Å². The number of aliphatic hydroxyl groups is 1. The highest BCUT2D eigenvalue weighted by molar-refractivity contribution is 5.73. The molecule has 2 aliphatic rings. The molecule has 2 heterocycles. The highest BCUT2D eigenvalue weighted by Crippen LogP contribution is 2.33. The number of hydrogen-bond donors (Lipinski definition) is 2. The van der Waals surface area contributed by atoms with Crippen molar-refractivity contribution >= 4 is 17.8 Å². The lowest BCUT2D eigenvalue weighted by molar-refractivity contribution is -0.332. The Bertz CT molecular complexity index is 1560. The minimum Gasteiger partial charge on any atom is -0.456 e. The van der Waals surface area contributed by atoms with Crippen molar-refractivity contribution in [2.24, 2.45) is 0 Å². The van der Waals surface area contributed by atoms with Gasteiger partial charge in [-0.25, -0.2) is 0 Å². The number of amides is 1. The predicted octanol–water partition coefficient (Wildman–Crippen LogP) is 3.59. The molecule has 13 nitrogen and oxygen atoms in total. The third-order valence-electron chi connectivity index (χ3n) is 8.65. The van der Waals surface area contributed by atoms with Gasteiger partial charge in [-0.15, -0.1) is 0 Å². The Morgan fingerprint density at radius 2 is 1.08 bits per heavy atom. The van der Waals surface area contributed by atoms with E-state index < -0.39 is 79.2 Å². The minimum absolute atomic E-state index is 0.196. The van der Waals surface area contributed by atoms with Crippen LogP contribution in [0.1, 0.15) is 44.4 Å². The van der Waals surface area contributed by atoms with Gasteiger partial charge in [-0.05, 0) is 23.6 Å². The molecule has 52 heavy (non-hydrogen) atoms. The van der Waals surface area contributed by atoms with Gasteiger partial charge in [0, 0.05) is 20.8 Å². The first-order chi connectivity index (χ1) is 25.1. The van der Waals surface area contributed by atoms with E-state index in [1.54, 1.807) is 0 Å². The molecule has 280 valence electrons. The molecule has 0 unspecified atom stereocenters. The average Bonchev–Trinajstić information content (AvgIpc) is 3.12. The van der Waals surface area contributed by atoms with E-state index in [9.17, 15) is 19.5 Å². The fraction of sp³-hybridized carbons (Fsp3) is 0.462. The van der Waals surface area contributed by atoms with Crippen molar-refractivity contribution in [3.63, 3.8) is 0 Å². The summed E-state index contributed by atoms with van der Waals surface area (Å²) in [5.74, 6) is -1.94. The Hall–Kier alpha value is -4.21. The number of carbonyl (C=O) groups is 3. The lowest BCUT2D eigenvalue weighted by Crippen LogP contribution is -2.66. The van der Waals surface area contributed by atoms with E-state index in [1.165, 1.54) is 20.8 Å². The van der Waals surface area contributed by atoms with E-state index in [0.717, 1.165) is 16.7 Å². The Morgan fingerprint density at radius 1 is 0.615 bits per heavy atom. The molecule has 0 aliphatic carbocycles. The van der Waals surface area contributed by atoms with Gasteiger partial charge in [-0.1, -0.05) is 91.0 Å². The molecule has 2 saturated heterocycles. The van der Waals surface area contributed by atoms with Gasteiger partial charge >= 0.3 is 11.9 Å². The summed E-state index contributed by atoms with van der Waals surface area (Å²) in [6.07, 6.45) is -9.09. The van der Waals surface area contributed by atoms with Gasteiger partial charge in [0.25, 0.3) is 0 Å². The van der Waals surface area contributed by atoms with Gasteiger partial charge in [0.05, 0.1) is 32.5 Å². The van der Waals surface area contributed by atoms with Gasteiger partial charge < -0.3 is 48.3 Å². The maximum atomic E-state index is 12.3. The quantitative estimate of drug-likeness (QED) is 0.220. The van der Waals surface area contributed by atoms with Crippen LogP contribution in [-0.2, 0) is 72.1 Å². The van der Waals surface area contributed by atoms with Crippen LogP contribution in [0.4, 0.5) is 0 Å². The number of rotatable bonds is 15. The summed E-state index contributed by atoms with van der Waals surface area (Å²) in [6, 6.07) is 27.9. The molecule has 1 amide bonds. The summed E-state index contributed by atoms with van der Waals surface area (Å²) in [7, 11) is 0. The monoisotopic (exact) mass is 721 g/mol. The van der Waals surface area contributed by atoms with Crippen molar-refractivity contribution in [1.82, 2.24) is 5.32 Å². The van der Waals surface area contributed by atoms with Gasteiger partial charge in [0.1, 0.15) is 30.5 Å². The molecule has 3 aromatic carbocycles. The predicted molar refractivity (Wildman–Crippen MR) is 185 cm³/mol. The van der Waals surface area contributed by atoms with Crippen LogP contribution in [0.3, 0.4) is 0 Å². The van der Waals surface area contributed by atoms with Crippen molar-refractivity contribution in [1.29, 1.82) is 0 Å². The molecule has 0 radical (unpaired) electrons. The topological polar surface area (TPSA) is 157 Å². The van der Waals surface area contributed by atoms with Gasteiger partial charge in [-0.2, -0.15) is 0 Å². The standard InChI is InChI=1S/C39H47NO12/c1-24-33(45-20-28-14-8-5-9-15-28)36(46-21-29-16-10-6-11-17-29)37(47-22-30-18-12-7-13-19-30)39(49-24)48-23-31-34(50-26(3)42)35(51-27(4)43)32(38(44)52-31)40-25(2)41/h5-19,24,31-39,44H,20-23H2,1-4H3,(H,40,41)/t24-,31+,32+,33+,34+,35+,36+,37-,38-,39+/m0/s1. The van der Waals surface area contributed by atoms with Crippen LogP contribution in [0.25, 0.3) is 0 Å². The fourth-order valence-electron chi connectivity index (χ4n) is 6.30. The smallest absolute Gasteiger partial charge is 0.303 e. The molecule has 5 rings (SSSR count). The van der Waals surface area contributed by atoms with E-state index in [-0.39, 0.29) is 19.8 Å². The van der Waals surface area contributed by atoms with E-state index in [1.807, 2.05) is 97.9 Å². The average molecular weight is 722 g/mol. The highest BCUT2D eigenvalue weighted by atomic mass is 16.7. The van der Waals surface area contributed by atoms with Crippen LogP contribution in [0.15, 0.2) is 91.0 Å². The SMILES string of the molecule is CC(=O)N[C@@H]1[C@@H](OC(C)=O)[C@H](OC(C)=O)[C@@H](CO[C@@H]2O[C@@H](C)[C@@H](OCc3ccccc3)[C@@H](OCc3ccccc3)[C@@H]2OCc2ccccc2)O[C@@H]1O. The number of hydrogen-bond acceptors (Lipinski definition) is 12. The molecule has 0 spiro atoms. The number of esters is 2. The summed E-state index contributed by atoms with van der Waals surface area (Å²) in [5.41, 5.74) is 2.83. The van der Waals surface area contributed by atoms with Crippen LogP contribution in [-0.4, -0.2) is 90.9 Å².